The number of nitrogens with zero attached hydrogens (tertiary/aromatic N) is 4. The zero-order valence-corrected chi connectivity index (χ0v) is 24.6. The molecule has 1 fully saturated rings. The van der Waals surface area contributed by atoms with Crippen LogP contribution in [0.25, 0.3) is 16.9 Å². The molecule has 1 saturated heterocycles. The van der Waals surface area contributed by atoms with E-state index < -0.39 is 0 Å². The number of nitrogens with one attached hydrogen (secondary N) is 1. The predicted octanol–water partition coefficient (Wildman–Crippen LogP) is 4.99. The Balaban J connectivity index is 1.44. The van der Waals surface area contributed by atoms with E-state index in [0.717, 1.165) is 53.5 Å². The Bertz CT molecular complexity index is 1480. The van der Waals surface area contributed by atoms with Gasteiger partial charge in [-0.3, -0.25) is 14.5 Å². The van der Waals surface area contributed by atoms with Gasteiger partial charge >= 0.3 is 0 Å². The minimum atomic E-state index is -0.175. The number of amides is 2. The fourth-order valence-electron chi connectivity index (χ4n) is 5.48. The van der Waals surface area contributed by atoms with Gasteiger partial charge in [0.1, 0.15) is 18.1 Å². The maximum Gasteiger partial charge on any atom is 0.240 e. The van der Waals surface area contributed by atoms with Crippen LogP contribution in [0.1, 0.15) is 29.2 Å². The van der Waals surface area contributed by atoms with E-state index in [4.69, 9.17) is 9.84 Å². The zero-order valence-electron chi connectivity index (χ0n) is 23.0. The topological polar surface area (TPSA) is 79.7 Å². The number of thioether (sulfide) groups is 1. The van der Waals surface area contributed by atoms with E-state index in [9.17, 15) is 9.59 Å². The molecule has 6 rings (SSSR count). The summed E-state index contributed by atoms with van der Waals surface area (Å²) in [5.74, 6) is 1.33. The molecular weight excluding hydrogens is 555 g/mol. The number of aromatic nitrogens is 2. The first-order chi connectivity index (χ1) is 20.1. The lowest BCUT2D eigenvalue weighted by atomic mass is 10.0. The first-order valence-corrected chi connectivity index (χ1v) is 15.9. The highest BCUT2D eigenvalue weighted by molar-refractivity contribution is 8.00. The van der Waals surface area contributed by atoms with Gasteiger partial charge in [-0.05, 0) is 72.6 Å². The summed E-state index contributed by atoms with van der Waals surface area (Å²) in [4.78, 5) is 31.1. The Labute approximate surface area is 248 Å². The van der Waals surface area contributed by atoms with Gasteiger partial charge in [-0.25, -0.2) is 4.68 Å². The van der Waals surface area contributed by atoms with Gasteiger partial charge in [-0.15, -0.1) is 11.8 Å². The highest BCUT2D eigenvalue weighted by Gasteiger charge is 2.37. The number of hydrogen-bond donors (Lipinski definition) is 1. The first-order valence-electron chi connectivity index (χ1n) is 13.9. The number of anilines is 1. The Hall–Kier alpha value is -3.60. The van der Waals surface area contributed by atoms with Crippen molar-refractivity contribution in [1.29, 1.82) is 0 Å². The van der Waals surface area contributed by atoms with E-state index >= 15 is 0 Å². The number of carbonyl (C=O) groups excluding carboxylic acids is 2. The summed E-state index contributed by atoms with van der Waals surface area (Å²) in [5, 5.41) is 12.3. The molecule has 0 radical (unpaired) electrons. The molecule has 4 aromatic rings. The third-order valence-electron chi connectivity index (χ3n) is 7.55. The molecule has 41 heavy (non-hydrogen) atoms. The molecular formula is C31H33N5O3S2. The summed E-state index contributed by atoms with van der Waals surface area (Å²) < 4.78 is 7.21. The molecule has 8 nitrogen and oxygen atoms in total. The summed E-state index contributed by atoms with van der Waals surface area (Å²) in [6.45, 7) is 3.47. The van der Waals surface area contributed by atoms with E-state index in [1.54, 1.807) is 35.1 Å². The van der Waals surface area contributed by atoms with Crippen LogP contribution in [0.4, 0.5) is 5.82 Å². The van der Waals surface area contributed by atoms with Crippen molar-refractivity contribution in [2.45, 2.75) is 18.1 Å². The van der Waals surface area contributed by atoms with Crippen molar-refractivity contribution in [3.63, 3.8) is 0 Å². The van der Waals surface area contributed by atoms with Gasteiger partial charge in [-0.1, -0.05) is 30.3 Å². The lowest BCUT2D eigenvalue weighted by Gasteiger charge is -2.23. The second-order valence-corrected chi connectivity index (χ2v) is 12.1. The average molecular weight is 588 g/mol. The van der Waals surface area contributed by atoms with Crippen LogP contribution in [0.3, 0.4) is 0 Å². The number of benzene rings is 2. The molecule has 1 atom stereocenters. The van der Waals surface area contributed by atoms with Crippen LogP contribution >= 0.6 is 23.1 Å². The van der Waals surface area contributed by atoms with Gasteiger partial charge in [0, 0.05) is 24.2 Å². The molecule has 2 aliphatic rings. The van der Waals surface area contributed by atoms with Gasteiger partial charge in [0.25, 0.3) is 0 Å². The third-order valence-corrected chi connectivity index (χ3v) is 9.51. The molecule has 1 N–H and O–H groups in total. The molecule has 0 spiro atoms. The summed E-state index contributed by atoms with van der Waals surface area (Å²) >= 11 is 3.22. The first kappa shape index (κ1) is 27.6. The largest absolute Gasteiger partial charge is 0.497 e. The molecule has 10 heteroatoms. The molecule has 1 unspecified atom stereocenters. The number of thiophene rings is 1. The number of carbonyl (C=O) groups is 2. The SMILES string of the molecule is COc1ccc(-n2nc(-c3ccccc3)c3c2N(CC(=O)NCCN2CCCC2)C(=O)CSC3c2ccsc2)cc1. The average Bonchev–Trinajstić information content (AvgIpc) is 3.78. The summed E-state index contributed by atoms with van der Waals surface area (Å²) in [7, 11) is 1.63. The molecule has 4 heterocycles. The molecule has 2 aliphatic heterocycles. The van der Waals surface area contributed by atoms with Crippen molar-refractivity contribution in [2.24, 2.45) is 0 Å². The van der Waals surface area contributed by atoms with Crippen LogP contribution in [0, 0.1) is 0 Å². The quantitative estimate of drug-likeness (QED) is 0.297. The van der Waals surface area contributed by atoms with Gasteiger partial charge in [0.15, 0.2) is 0 Å². The smallest absolute Gasteiger partial charge is 0.240 e. The van der Waals surface area contributed by atoms with Crippen LogP contribution in [0.5, 0.6) is 5.75 Å². The third kappa shape index (κ3) is 5.91. The van der Waals surface area contributed by atoms with Gasteiger partial charge in [0.05, 0.1) is 29.5 Å². The number of hydrogen-bond acceptors (Lipinski definition) is 7. The summed E-state index contributed by atoms with van der Waals surface area (Å²) in [6.07, 6.45) is 2.42. The van der Waals surface area contributed by atoms with Crippen LogP contribution in [-0.2, 0) is 9.59 Å². The van der Waals surface area contributed by atoms with Crippen LogP contribution in [-0.4, -0.2) is 72.1 Å². The van der Waals surface area contributed by atoms with Crippen molar-refractivity contribution in [3.05, 3.63) is 82.6 Å². The maximum absolute atomic E-state index is 13.8. The Morgan fingerprint density at radius 3 is 2.56 bits per heavy atom. The van der Waals surface area contributed by atoms with Crippen molar-refractivity contribution < 1.29 is 14.3 Å². The lowest BCUT2D eigenvalue weighted by molar-refractivity contribution is -0.122. The number of likely N-dealkylation sites (tertiary alicyclic amines) is 1. The minimum Gasteiger partial charge on any atom is -0.497 e. The van der Waals surface area contributed by atoms with Crippen LogP contribution in [0.15, 0.2) is 71.4 Å². The standard InChI is InChI=1S/C31H33N5O3S2/c1-39-25-11-9-24(10-12-25)36-31-28(29(33-36)22-7-3-2-4-8-22)30(23-13-18-40-20-23)41-21-27(38)35(31)19-26(37)32-14-17-34-15-5-6-16-34/h2-4,7-13,18,20,30H,5-6,14-17,19,21H2,1H3,(H,32,37). The highest BCUT2D eigenvalue weighted by Crippen LogP contribution is 2.48. The minimum absolute atomic E-state index is 0.0706. The van der Waals surface area contributed by atoms with Crippen LogP contribution in [0.2, 0.25) is 0 Å². The van der Waals surface area contributed by atoms with Crippen molar-refractivity contribution in [2.75, 3.05) is 50.5 Å². The molecule has 0 saturated carbocycles. The fourth-order valence-corrected chi connectivity index (χ4v) is 7.44. The Morgan fingerprint density at radius 2 is 1.85 bits per heavy atom. The molecule has 0 bridgehead atoms. The number of ether oxygens (including phenoxy) is 1. The summed E-state index contributed by atoms with van der Waals surface area (Å²) in [5.41, 5.74) is 4.60. The number of rotatable bonds is 9. The lowest BCUT2D eigenvalue weighted by Crippen LogP contribution is -2.44. The second kappa shape index (κ2) is 12.5. The zero-order chi connectivity index (χ0) is 28.2. The van der Waals surface area contributed by atoms with Gasteiger partial charge in [-0.2, -0.15) is 16.4 Å². The number of fused-ring (bicyclic) bond motifs is 1. The molecule has 0 aliphatic carbocycles. The van der Waals surface area contributed by atoms with E-state index in [1.165, 1.54) is 12.8 Å². The molecule has 2 aromatic carbocycles. The highest BCUT2D eigenvalue weighted by atomic mass is 32.2. The van der Waals surface area contributed by atoms with Gasteiger partial charge < -0.3 is 15.0 Å². The predicted molar refractivity (Wildman–Crippen MR) is 165 cm³/mol. The molecule has 2 aromatic heterocycles. The van der Waals surface area contributed by atoms with E-state index in [2.05, 4.69) is 27.0 Å². The maximum atomic E-state index is 13.8. The monoisotopic (exact) mass is 587 g/mol. The summed E-state index contributed by atoms with van der Waals surface area (Å²) in [6, 6.07) is 19.8. The Kier molecular flexibility index (Phi) is 8.41. The second-order valence-electron chi connectivity index (χ2n) is 10.2. The normalized spacial score (nSPS) is 17.3. The number of methoxy groups -OCH3 is 1. The van der Waals surface area contributed by atoms with Crippen molar-refractivity contribution >= 4 is 40.7 Å². The molecule has 212 valence electrons. The fraction of sp³-hybridized carbons (Fsp3) is 0.323. The van der Waals surface area contributed by atoms with Crippen molar-refractivity contribution in [1.82, 2.24) is 20.0 Å². The van der Waals surface area contributed by atoms with Crippen molar-refractivity contribution in [3.8, 4) is 22.7 Å². The van der Waals surface area contributed by atoms with E-state index in [0.29, 0.717) is 12.4 Å². The van der Waals surface area contributed by atoms with E-state index in [1.807, 2.05) is 59.3 Å². The van der Waals surface area contributed by atoms with Crippen LogP contribution < -0.4 is 15.0 Å². The molecule has 2 amide bonds. The van der Waals surface area contributed by atoms with Gasteiger partial charge in [0.2, 0.25) is 11.8 Å². The van der Waals surface area contributed by atoms with E-state index in [-0.39, 0.29) is 29.4 Å². The Morgan fingerprint density at radius 1 is 1.07 bits per heavy atom.